The number of Topliss-reactive ketones (excluding diaryl/α,β-unsaturated/α-hetero) is 1. The van der Waals surface area contributed by atoms with E-state index in [0.717, 1.165) is 0 Å². The number of rotatable bonds is 1. The summed E-state index contributed by atoms with van der Waals surface area (Å²) in [7, 11) is 0. The van der Waals surface area contributed by atoms with Gasteiger partial charge in [0.2, 0.25) is 5.79 Å². The van der Waals surface area contributed by atoms with Crippen LogP contribution in [0.1, 0.15) is 46.5 Å². The molecule has 4 saturated carbocycles. The smallest absolute Gasteiger partial charge is 0.302 e. The minimum atomic E-state index is -2.19. The maximum atomic E-state index is 13.5. The molecule has 160 valence electrons. The van der Waals surface area contributed by atoms with E-state index < -0.39 is 64.4 Å². The Labute approximate surface area is 170 Å². The van der Waals surface area contributed by atoms with Gasteiger partial charge in [-0.05, 0) is 42.6 Å². The first-order valence-electron chi connectivity index (χ1n) is 10.6. The standard InChI is InChI=1S/C22H30O7/c1-10-12-5-6-13-20-9-28-22(27,21(13,16(10)24)17(12)25)18(26)15(20)19(3,4)8-7-14(20)29-11(2)23/h12-15,17-18,25-27H,1,5-9H2,2-4H3/t12-,13-,14-,15+,17+,18-,20+,21+,22+/m0/s1. The van der Waals surface area contributed by atoms with Crippen molar-refractivity contribution in [2.75, 3.05) is 6.61 Å². The fourth-order valence-corrected chi connectivity index (χ4v) is 8.24. The van der Waals surface area contributed by atoms with Crippen molar-refractivity contribution in [2.45, 2.75) is 70.6 Å². The van der Waals surface area contributed by atoms with Gasteiger partial charge in [-0.1, -0.05) is 20.4 Å². The monoisotopic (exact) mass is 406 g/mol. The first-order valence-corrected chi connectivity index (χ1v) is 10.6. The van der Waals surface area contributed by atoms with Crippen LogP contribution in [0, 0.1) is 34.0 Å². The average Bonchev–Trinajstić information content (AvgIpc) is 2.74. The molecule has 2 heterocycles. The number of ether oxygens (including phenoxy) is 2. The predicted octanol–water partition coefficient (Wildman–Crippen LogP) is 0.946. The molecule has 2 saturated heterocycles. The van der Waals surface area contributed by atoms with E-state index in [-0.39, 0.29) is 12.0 Å². The van der Waals surface area contributed by atoms with Crippen molar-refractivity contribution in [1.29, 1.82) is 0 Å². The Hall–Kier alpha value is -1.28. The Morgan fingerprint density at radius 3 is 2.55 bits per heavy atom. The number of ketones is 1. The molecule has 3 N–H and O–H groups in total. The molecule has 7 heteroatoms. The second kappa shape index (κ2) is 5.49. The number of hydrogen-bond donors (Lipinski definition) is 3. The molecular formula is C22H30O7. The van der Waals surface area contributed by atoms with Gasteiger partial charge in [-0.25, -0.2) is 0 Å². The normalized spacial score (nSPS) is 54.7. The highest BCUT2D eigenvalue weighted by molar-refractivity contribution is 6.05. The third-order valence-corrected chi connectivity index (χ3v) is 9.16. The van der Waals surface area contributed by atoms with Crippen molar-refractivity contribution in [3.63, 3.8) is 0 Å². The van der Waals surface area contributed by atoms with E-state index >= 15 is 0 Å². The van der Waals surface area contributed by atoms with Gasteiger partial charge in [-0.15, -0.1) is 0 Å². The van der Waals surface area contributed by atoms with Gasteiger partial charge in [-0.2, -0.15) is 0 Å². The van der Waals surface area contributed by atoms with E-state index in [1.54, 1.807) is 0 Å². The molecule has 0 radical (unpaired) electrons. The Kier molecular flexibility index (Phi) is 3.73. The number of aliphatic hydroxyl groups is 3. The van der Waals surface area contributed by atoms with Crippen LogP contribution < -0.4 is 0 Å². The molecule has 0 aromatic carbocycles. The molecule has 4 aliphatic carbocycles. The lowest BCUT2D eigenvalue weighted by atomic mass is 9.35. The second-order valence-corrected chi connectivity index (χ2v) is 10.5. The van der Waals surface area contributed by atoms with Crippen molar-refractivity contribution >= 4 is 11.8 Å². The van der Waals surface area contributed by atoms with Crippen molar-refractivity contribution in [3.05, 3.63) is 12.2 Å². The van der Waals surface area contributed by atoms with Gasteiger partial charge >= 0.3 is 5.97 Å². The van der Waals surface area contributed by atoms with E-state index in [0.29, 0.717) is 31.3 Å². The number of aliphatic hydroxyl groups excluding tert-OH is 2. The topological polar surface area (TPSA) is 113 Å². The van der Waals surface area contributed by atoms with Crippen LogP contribution in [-0.2, 0) is 19.1 Å². The molecule has 2 spiro atoms. The lowest BCUT2D eigenvalue weighted by molar-refractivity contribution is -0.458. The summed E-state index contributed by atoms with van der Waals surface area (Å²) in [5, 5.41) is 34.5. The van der Waals surface area contributed by atoms with Gasteiger partial charge in [0, 0.05) is 24.2 Å². The summed E-state index contributed by atoms with van der Waals surface area (Å²) in [6.07, 6.45) is -0.674. The van der Waals surface area contributed by atoms with Crippen LogP contribution in [-0.4, -0.2) is 57.8 Å². The molecule has 9 atom stereocenters. The van der Waals surface area contributed by atoms with Gasteiger partial charge in [0.15, 0.2) is 5.78 Å². The van der Waals surface area contributed by atoms with Gasteiger partial charge in [-0.3, -0.25) is 9.59 Å². The number of carbonyl (C=O) groups excluding carboxylic acids is 2. The summed E-state index contributed by atoms with van der Waals surface area (Å²) in [5.41, 5.74) is -2.60. The molecule has 6 fully saturated rings. The average molecular weight is 406 g/mol. The summed E-state index contributed by atoms with van der Waals surface area (Å²) in [5.74, 6) is -4.38. The first kappa shape index (κ1) is 19.7. The highest BCUT2D eigenvalue weighted by atomic mass is 16.6. The second-order valence-electron chi connectivity index (χ2n) is 10.5. The van der Waals surface area contributed by atoms with Gasteiger partial charge in [0.25, 0.3) is 0 Å². The quantitative estimate of drug-likeness (QED) is 0.439. The van der Waals surface area contributed by atoms with Crippen LogP contribution in [0.15, 0.2) is 12.2 Å². The minimum Gasteiger partial charge on any atom is -0.462 e. The van der Waals surface area contributed by atoms with Crippen LogP contribution in [0.25, 0.3) is 0 Å². The summed E-state index contributed by atoms with van der Waals surface area (Å²) in [4.78, 5) is 25.5. The zero-order valence-corrected chi connectivity index (χ0v) is 17.2. The van der Waals surface area contributed by atoms with Gasteiger partial charge in [0.05, 0.1) is 12.7 Å². The fraction of sp³-hybridized carbons (Fsp3) is 0.818. The number of carbonyl (C=O) groups is 2. The molecule has 2 aliphatic heterocycles. The van der Waals surface area contributed by atoms with Crippen molar-refractivity contribution in [3.8, 4) is 0 Å². The van der Waals surface area contributed by atoms with Crippen LogP contribution >= 0.6 is 0 Å². The predicted molar refractivity (Wildman–Crippen MR) is 100 cm³/mol. The Morgan fingerprint density at radius 1 is 1.21 bits per heavy atom. The van der Waals surface area contributed by atoms with Crippen molar-refractivity contribution in [2.24, 2.45) is 34.0 Å². The lowest BCUT2D eigenvalue weighted by Crippen LogP contribution is -2.85. The zero-order valence-electron chi connectivity index (χ0n) is 17.2. The van der Waals surface area contributed by atoms with E-state index in [2.05, 4.69) is 6.58 Å². The van der Waals surface area contributed by atoms with Gasteiger partial charge < -0.3 is 24.8 Å². The molecule has 0 unspecified atom stereocenters. The Morgan fingerprint density at radius 2 is 1.90 bits per heavy atom. The summed E-state index contributed by atoms with van der Waals surface area (Å²) in [6.45, 7) is 9.43. The van der Waals surface area contributed by atoms with Crippen LogP contribution in [0.3, 0.4) is 0 Å². The van der Waals surface area contributed by atoms with Crippen LogP contribution in [0.4, 0.5) is 0 Å². The SMILES string of the molecule is C=C1C(=O)[C@@]23[C@H](O)[C@H]1CC[C@H]2[C@@]12CO[C@]3(O)[C@@H](O)[C@@H]1C(C)(C)CC[C@@H]2OC(C)=O. The summed E-state index contributed by atoms with van der Waals surface area (Å²) >= 11 is 0. The molecule has 0 amide bonds. The molecule has 6 aliphatic rings. The highest BCUT2D eigenvalue weighted by Gasteiger charge is 2.87. The van der Waals surface area contributed by atoms with Gasteiger partial charge in [0.1, 0.15) is 17.6 Å². The van der Waals surface area contributed by atoms with E-state index in [4.69, 9.17) is 9.47 Å². The number of hydrogen-bond acceptors (Lipinski definition) is 7. The molecule has 4 bridgehead atoms. The Bertz CT molecular complexity index is 820. The fourth-order valence-electron chi connectivity index (χ4n) is 8.24. The maximum absolute atomic E-state index is 13.5. The van der Waals surface area contributed by atoms with Crippen LogP contribution in [0.5, 0.6) is 0 Å². The number of esters is 1. The van der Waals surface area contributed by atoms with Crippen LogP contribution in [0.2, 0.25) is 0 Å². The van der Waals surface area contributed by atoms with Crippen molar-refractivity contribution in [1.82, 2.24) is 0 Å². The number of fused-ring (bicyclic) bond motifs is 2. The van der Waals surface area contributed by atoms with Crippen molar-refractivity contribution < 1.29 is 34.4 Å². The summed E-state index contributed by atoms with van der Waals surface area (Å²) < 4.78 is 11.7. The molecule has 6 rings (SSSR count). The largest absolute Gasteiger partial charge is 0.462 e. The molecule has 0 aromatic heterocycles. The van der Waals surface area contributed by atoms with E-state index in [1.165, 1.54) is 6.92 Å². The van der Waals surface area contributed by atoms with E-state index in [1.807, 2.05) is 13.8 Å². The molecular weight excluding hydrogens is 376 g/mol. The minimum absolute atomic E-state index is 0.0795. The highest BCUT2D eigenvalue weighted by Crippen LogP contribution is 2.76. The molecule has 29 heavy (non-hydrogen) atoms. The third-order valence-electron chi connectivity index (χ3n) is 9.16. The molecule has 0 aromatic rings. The third kappa shape index (κ3) is 1.86. The molecule has 7 nitrogen and oxygen atoms in total. The zero-order chi connectivity index (χ0) is 21.1. The summed E-state index contributed by atoms with van der Waals surface area (Å²) in [6, 6.07) is 0. The van der Waals surface area contributed by atoms with E-state index in [9.17, 15) is 24.9 Å². The maximum Gasteiger partial charge on any atom is 0.302 e. The Balaban J connectivity index is 1.79. The first-order chi connectivity index (χ1) is 13.5. The lowest BCUT2D eigenvalue weighted by Gasteiger charge is -2.74.